The minimum Gasteiger partial charge on any atom is -0.409 e. The molecule has 0 unspecified atom stereocenters. The average Bonchev–Trinajstić information content (AvgIpc) is 2.44. The Hall–Kier alpha value is -2.31. The molecule has 6 nitrogen and oxygen atoms in total. The molecule has 0 radical (unpaired) electrons. The molecule has 0 atom stereocenters. The maximum atomic E-state index is 11.9. The SMILES string of the molecule is Cc1ccc([N+](=O)[O-])cc1NC(=O)Oc1ccc(Cl)cc1Cl. The van der Waals surface area contributed by atoms with E-state index in [1.165, 1.54) is 36.4 Å². The quantitative estimate of drug-likeness (QED) is 0.641. The lowest BCUT2D eigenvalue weighted by Crippen LogP contribution is -2.17. The van der Waals surface area contributed by atoms with E-state index in [9.17, 15) is 14.9 Å². The van der Waals surface area contributed by atoms with Gasteiger partial charge in [-0.2, -0.15) is 0 Å². The molecule has 2 aromatic rings. The van der Waals surface area contributed by atoms with Gasteiger partial charge in [-0.25, -0.2) is 4.79 Å². The minimum absolute atomic E-state index is 0.131. The lowest BCUT2D eigenvalue weighted by atomic mass is 10.2. The molecule has 22 heavy (non-hydrogen) atoms. The predicted octanol–water partition coefficient (Wildman–Crippen LogP) is 4.82. The van der Waals surface area contributed by atoms with Crippen molar-refractivity contribution in [2.45, 2.75) is 6.92 Å². The molecule has 0 bridgehead atoms. The van der Waals surface area contributed by atoms with Crippen LogP contribution >= 0.6 is 23.2 Å². The molecule has 114 valence electrons. The van der Waals surface area contributed by atoms with E-state index in [0.717, 1.165) is 0 Å². The number of halogens is 2. The molecule has 0 fully saturated rings. The molecular weight excluding hydrogens is 331 g/mol. The number of carbonyl (C=O) groups excluding carboxylic acids is 1. The summed E-state index contributed by atoms with van der Waals surface area (Å²) in [4.78, 5) is 22.1. The van der Waals surface area contributed by atoms with Gasteiger partial charge in [-0.1, -0.05) is 29.3 Å². The van der Waals surface area contributed by atoms with Gasteiger partial charge >= 0.3 is 6.09 Å². The Balaban J connectivity index is 2.15. The fourth-order valence-corrected chi connectivity index (χ4v) is 2.10. The standard InChI is InChI=1S/C14H10Cl2N2O4/c1-8-2-4-10(18(20)21)7-12(8)17-14(19)22-13-5-3-9(15)6-11(13)16/h2-7H,1H3,(H,17,19). The summed E-state index contributed by atoms with van der Waals surface area (Å²) in [6, 6.07) is 8.54. The normalized spacial score (nSPS) is 10.1. The average molecular weight is 341 g/mol. The Morgan fingerprint density at radius 1 is 1.23 bits per heavy atom. The van der Waals surface area contributed by atoms with Crippen molar-refractivity contribution in [2.75, 3.05) is 5.32 Å². The Kier molecular flexibility index (Phi) is 4.85. The number of amides is 1. The maximum absolute atomic E-state index is 11.9. The van der Waals surface area contributed by atoms with Crippen LogP contribution in [0.15, 0.2) is 36.4 Å². The zero-order chi connectivity index (χ0) is 16.3. The number of aryl methyl sites for hydroxylation is 1. The van der Waals surface area contributed by atoms with Crippen LogP contribution in [0.4, 0.5) is 16.2 Å². The van der Waals surface area contributed by atoms with Gasteiger partial charge in [0.25, 0.3) is 5.69 Å². The number of ether oxygens (including phenoxy) is 1. The number of benzene rings is 2. The van der Waals surface area contributed by atoms with E-state index in [4.69, 9.17) is 27.9 Å². The molecule has 0 aliphatic heterocycles. The summed E-state index contributed by atoms with van der Waals surface area (Å²) in [7, 11) is 0. The molecule has 0 aliphatic rings. The minimum atomic E-state index is -0.812. The fourth-order valence-electron chi connectivity index (χ4n) is 1.65. The number of nitro groups is 1. The van der Waals surface area contributed by atoms with Crippen molar-refractivity contribution in [3.05, 3.63) is 62.1 Å². The molecule has 0 aliphatic carbocycles. The highest BCUT2D eigenvalue weighted by Crippen LogP contribution is 2.28. The number of rotatable bonds is 3. The summed E-state index contributed by atoms with van der Waals surface area (Å²) in [5, 5.41) is 13.8. The number of hydrogen-bond donors (Lipinski definition) is 1. The van der Waals surface area contributed by atoms with E-state index < -0.39 is 11.0 Å². The van der Waals surface area contributed by atoms with Crippen LogP contribution in [0, 0.1) is 17.0 Å². The highest BCUT2D eigenvalue weighted by Gasteiger charge is 2.13. The molecule has 2 rings (SSSR count). The molecule has 1 amide bonds. The predicted molar refractivity (Wildman–Crippen MR) is 83.9 cm³/mol. The number of carbonyl (C=O) groups is 1. The summed E-state index contributed by atoms with van der Waals surface area (Å²) < 4.78 is 5.05. The molecule has 0 saturated heterocycles. The number of nitro benzene ring substituents is 1. The van der Waals surface area contributed by atoms with Gasteiger partial charge in [0.15, 0.2) is 5.75 Å². The van der Waals surface area contributed by atoms with E-state index in [-0.39, 0.29) is 22.1 Å². The molecule has 8 heteroatoms. The zero-order valence-electron chi connectivity index (χ0n) is 11.3. The van der Waals surface area contributed by atoms with Crippen molar-refractivity contribution < 1.29 is 14.5 Å². The first-order valence-corrected chi connectivity index (χ1v) is 6.81. The molecule has 2 aromatic carbocycles. The van der Waals surface area contributed by atoms with Gasteiger partial charge < -0.3 is 4.74 Å². The van der Waals surface area contributed by atoms with Gasteiger partial charge in [-0.05, 0) is 30.7 Å². The van der Waals surface area contributed by atoms with Crippen molar-refractivity contribution in [1.29, 1.82) is 0 Å². The van der Waals surface area contributed by atoms with Crippen LogP contribution in [0.3, 0.4) is 0 Å². The van der Waals surface area contributed by atoms with E-state index in [1.807, 2.05) is 0 Å². The van der Waals surface area contributed by atoms with Crippen LogP contribution in [0.1, 0.15) is 5.56 Å². The van der Waals surface area contributed by atoms with Gasteiger partial charge in [-0.15, -0.1) is 0 Å². The van der Waals surface area contributed by atoms with E-state index in [2.05, 4.69) is 5.32 Å². The van der Waals surface area contributed by atoms with Crippen LogP contribution in [0.25, 0.3) is 0 Å². The first kappa shape index (κ1) is 16.1. The van der Waals surface area contributed by atoms with E-state index in [1.54, 1.807) is 6.92 Å². The Bertz CT molecular complexity index is 750. The van der Waals surface area contributed by atoms with Gasteiger partial charge in [0.1, 0.15) is 0 Å². The van der Waals surface area contributed by atoms with E-state index in [0.29, 0.717) is 10.6 Å². The van der Waals surface area contributed by atoms with Crippen LogP contribution < -0.4 is 10.1 Å². The summed E-state index contributed by atoms with van der Waals surface area (Å²) in [5.41, 5.74) is 0.805. The molecular formula is C14H10Cl2N2O4. The summed E-state index contributed by atoms with van der Waals surface area (Å²) in [6.45, 7) is 1.70. The maximum Gasteiger partial charge on any atom is 0.417 e. The Labute approximate surface area is 135 Å². The first-order chi connectivity index (χ1) is 10.4. The second kappa shape index (κ2) is 6.64. The first-order valence-electron chi connectivity index (χ1n) is 6.06. The lowest BCUT2D eigenvalue weighted by Gasteiger charge is -2.10. The fraction of sp³-hybridized carbons (Fsp3) is 0.0714. The largest absolute Gasteiger partial charge is 0.417 e. The highest BCUT2D eigenvalue weighted by atomic mass is 35.5. The van der Waals surface area contributed by atoms with Gasteiger partial charge in [0, 0.05) is 17.2 Å². The van der Waals surface area contributed by atoms with Crippen LogP contribution in [-0.4, -0.2) is 11.0 Å². The smallest absolute Gasteiger partial charge is 0.409 e. The second-order valence-electron chi connectivity index (χ2n) is 4.35. The third-order valence-electron chi connectivity index (χ3n) is 2.77. The molecule has 0 saturated carbocycles. The van der Waals surface area contributed by atoms with Crippen molar-refractivity contribution in [3.8, 4) is 5.75 Å². The van der Waals surface area contributed by atoms with Crippen LogP contribution in [-0.2, 0) is 0 Å². The lowest BCUT2D eigenvalue weighted by molar-refractivity contribution is -0.384. The van der Waals surface area contributed by atoms with Crippen LogP contribution in [0.2, 0.25) is 10.0 Å². The molecule has 0 heterocycles. The second-order valence-corrected chi connectivity index (χ2v) is 5.19. The zero-order valence-corrected chi connectivity index (χ0v) is 12.8. The van der Waals surface area contributed by atoms with Gasteiger partial charge in [0.2, 0.25) is 0 Å². The van der Waals surface area contributed by atoms with Crippen molar-refractivity contribution >= 4 is 40.7 Å². The Morgan fingerprint density at radius 3 is 2.59 bits per heavy atom. The molecule has 1 N–H and O–H groups in total. The van der Waals surface area contributed by atoms with E-state index >= 15 is 0 Å². The molecule has 0 spiro atoms. The Morgan fingerprint density at radius 2 is 1.95 bits per heavy atom. The van der Waals surface area contributed by atoms with Gasteiger partial charge in [-0.3, -0.25) is 15.4 Å². The van der Waals surface area contributed by atoms with Crippen molar-refractivity contribution in [2.24, 2.45) is 0 Å². The summed E-state index contributed by atoms with van der Waals surface area (Å²) >= 11 is 11.6. The summed E-state index contributed by atoms with van der Waals surface area (Å²) in [6.07, 6.45) is -0.812. The van der Waals surface area contributed by atoms with Crippen molar-refractivity contribution in [3.63, 3.8) is 0 Å². The topological polar surface area (TPSA) is 81.5 Å². The van der Waals surface area contributed by atoms with Crippen molar-refractivity contribution in [1.82, 2.24) is 0 Å². The molecule has 0 aromatic heterocycles. The number of anilines is 1. The monoisotopic (exact) mass is 340 g/mol. The highest BCUT2D eigenvalue weighted by molar-refractivity contribution is 6.35. The third-order valence-corrected chi connectivity index (χ3v) is 3.30. The van der Waals surface area contributed by atoms with Gasteiger partial charge in [0.05, 0.1) is 15.6 Å². The number of hydrogen-bond acceptors (Lipinski definition) is 4. The number of nitrogens with zero attached hydrogens (tertiary/aromatic N) is 1. The third kappa shape index (κ3) is 3.87. The van der Waals surface area contributed by atoms with Crippen LogP contribution in [0.5, 0.6) is 5.75 Å². The summed E-state index contributed by atoms with van der Waals surface area (Å²) in [5.74, 6) is 0.131. The number of non-ortho nitro benzene ring substituents is 1. The number of nitrogens with one attached hydrogen (secondary N) is 1.